The van der Waals surface area contributed by atoms with E-state index in [1.54, 1.807) is 0 Å². The fraction of sp³-hybridized carbons (Fsp3) is 0.820. The Balaban J connectivity index is 3.53. The molecule has 0 spiro atoms. The average molecular weight is 772 g/mol. The molecule has 0 saturated heterocycles. The molecule has 0 aromatic carbocycles. The maximum Gasteiger partial charge on any atom is 0.220 e. The third-order valence-corrected chi connectivity index (χ3v) is 10.9. The van der Waals surface area contributed by atoms with Gasteiger partial charge in [-0.2, -0.15) is 0 Å². The molecule has 5 nitrogen and oxygen atoms in total. The van der Waals surface area contributed by atoms with Crippen molar-refractivity contribution in [1.82, 2.24) is 5.32 Å². The Bertz CT molecular complexity index is 896. The molecular formula is C50H93NO4. The van der Waals surface area contributed by atoms with Crippen LogP contribution in [0.4, 0.5) is 0 Å². The number of hydrogen-bond acceptors (Lipinski definition) is 4. The van der Waals surface area contributed by atoms with Crippen LogP contribution in [0.25, 0.3) is 0 Å². The summed E-state index contributed by atoms with van der Waals surface area (Å²) >= 11 is 0. The zero-order valence-corrected chi connectivity index (χ0v) is 36.6. The first-order valence-corrected chi connectivity index (χ1v) is 23.9. The fourth-order valence-corrected chi connectivity index (χ4v) is 7.16. The first-order valence-electron chi connectivity index (χ1n) is 23.9. The van der Waals surface area contributed by atoms with E-state index < -0.39 is 18.2 Å². The van der Waals surface area contributed by atoms with E-state index in [0.29, 0.717) is 12.8 Å². The summed E-state index contributed by atoms with van der Waals surface area (Å²) < 4.78 is 0. The van der Waals surface area contributed by atoms with Crippen LogP contribution < -0.4 is 5.32 Å². The Labute approximate surface area is 342 Å². The van der Waals surface area contributed by atoms with Gasteiger partial charge in [0.25, 0.3) is 0 Å². The van der Waals surface area contributed by atoms with Crippen LogP contribution in [0.1, 0.15) is 239 Å². The number of allylic oxidation sites excluding steroid dienone is 8. The largest absolute Gasteiger partial charge is 0.394 e. The molecule has 0 bridgehead atoms. The summed E-state index contributed by atoms with van der Waals surface area (Å²) in [7, 11) is 0. The molecule has 0 aromatic rings. The highest BCUT2D eigenvalue weighted by molar-refractivity contribution is 5.76. The van der Waals surface area contributed by atoms with Crippen molar-refractivity contribution in [1.29, 1.82) is 0 Å². The van der Waals surface area contributed by atoms with Crippen molar-refractivity contribution >= 4 is 5.91 Å². The number of amides is 1. The van der Waals surface area contributed by atoms with Crippen molar-refractivity contribution in [3.63, 3.8) is 0 Å². The fourth-order valence-electron chi connectivity index (χ4n) is 7.16. The smallest absolute Gasteiger partial charge is 0.220 e. The number of unbranched alkanes of at least 4 members (excludes halogenated alkanes) is 27. The van der Waals surface area contributed by atoms with E-state index in [0.717, 1.165) is 57.8 Å². The molecule has 3 atom stereocenters. The highest BCUT2D eigenvalue weighted by Crippen LogP contribution is 2.16. The lowest BCUT2D eigenvalue weighted by Crippen LogP contribution is -2.50. The molecule has 322 valence electrons. The number of aliphatic hydroxyl groups excluding tert-OH is 3. The Morgan fingerprint density at radius 2 is 0.836 bits per heavy atom. The van der Waals surface area contributed by atoms with E-state index in [9.17, 15) is 20.1 Å². The molecule has 0 aliphatic rings. The zero-order chi connectivity index (χ0) is 40.1. The number of carbonyl (C=O) groups is 1. The van der Waals surface area contributed by atoms with Crippen LogP contribution in [-0.4, -0.2) is 46.1 Å². The maximum absolute atomic E-state index is 12.4. The van der Waals surface area contributed by atoms with Crippen LogP contribution in [0, 0.1) is 0 Å². The third-order valence-electron chi connectivity index (χ3n) is 10.9. The molecule has 4 N–H and O–H groups in total. The van der Waals surface area contributed by atoms with Gasteiger partial charge >= 0.3 is 0 Å². The first-order chi connectivity index (χ1) is 27.1. The number of aliphatic hydroxyl groups is 3. The van der Waals surface area contributed by atoms with E-state index >= 15 is 0 Å². The number of hydrogen-bond donors (Lipinski definition) is 4. The minimum Gasteiger partial charge on any atom is -0.394 e. The second kappa shape index (κ2) is 45.0. The summed E-state index contributed by atoms with van der Waals surface area (Å²) in [6.45, 7) is 4.08. The molecule has 0 radical (unpaired) electrons. The Morgan fingerprint density at radius 1 is 0.455 bits per heavy atom. The van der Waals surface area contributed by atoms with Crippen LogP contribution in [0.3, 0.4) is 0 Å². The van der Waals surface area contributed by atoms with Crippen molar-refractivity contribution < 1.29 is 20.1 Å². The van der Waals surface area contributed by atoms with Crippen molar-refractivity contribution in [3.8, 4) is 0 Å². The van der Waals surface area contributed by atoms with Gasteiger partial charge in [-0.1, -0.05) is 204 Å². The van der Waals surface area contributed by atoms with Gasteiger partial charge in [0, 0.05) is 6.42 Å². The SMILES string of the molecule is CCC/C=C/CC/C=C/CCCC(O)C(O)C(CO)NC(=O)CCCCCCCCCCCCCCCCC/C=C\C/C=C\CCCCCCCCCCC. The lowest BCUT2D eigenvalue weighted by atomic mass is 10.0. The van der Waals surface area contributed by atoms with E-state index in [1.165, 1.54) is 154 Å². The van der Waals surface area contributed by atoms with Crippen molar-refractivity contribution in [2.45, 2.75) is 257 Å². The minimum absolute atomic E-state index is 0.161. The molecule has 3 unspecified atom stereocenters. The zero-order valence-electron chi connectivity index (χ0n) is 36.6. The summed E-state index contributed by atoms with van der Waals surface area (Å²) in [4.78, 5) is 12.4. The molecule has 0 aromatic heterocycles. The van der Waals surface area contributed by atoms with Gasteiger partial charge in [-0.25, -0.2) is 0 Å². The van der Waals surface area contributed by atoms with E-state index in [4.69, 9.17) is 0 Å². The second-order valence-electron chi connectivity index (χ2n) is 16.3. The van der Waals surface area contributed by atoms with Crippen molar-refractivity contribution in [2.75, 3.05) is 6.61 Å². The molecule has 0 aliphatic heterocycles. The lowest BCUT2D eigenvalue weighted by molar-refractivity contribution is -0.124. The predicted octanol–water partition coefficient (Wildman–Crippen LogP) is 14.1. The number of carbonyl (C=O) groups excluding carboxylic acids is 1. The van der Waals surface area contributed by atoms with Gasteiger partial charge in [0.15, 0.2) is 0 Å². The lowest BCUT2D eigenvalue weighted by Gasteiger charge is -2.26. The van der Waals surface area contributed by atoms with Gasteiger partial charge in [-0.3, -0.25) is 4.79 Å². The van der Waals surface area contributed by atoms with Gasteiger partial charge < -0.3 is 20.6 Å². The van der Waals surface area contributed by atoms with Gasteiger partial charge in [-0.05, 0) is 77.0 Å². The summed E-state index contributed by atoms with van der Waals surface area (Å²) in [5, 5.41) is 33.4. The second-order valence-corrected chi connectivity index (χ2v) is 16.3. The number of rotatable bonds is 43. The molecule has 55 heavy (non-hydrogen) atoms. The Kier molecular flexibility index (Phi) is 43.6. The van der Waals surface area contributed by atoms with Gasteiger partial charge in [0.05, 0.1) is 18.8 Å². The normalized spacial score (nSPS) is 13.9. The average Bonchev–Trinajstić information content (AvgIpc) is 3.19. The summed E-state index contributed by atoms with van der Waals surface area (Å²) in [5.41, 5.74) is 0. The van der Waals surface area contributed by atoms with Crippen molar-refractivity contribution in [3.05, 3.63) is 48.6 Å². The number of nitrogens with one attached hydrogen (secondary N) is 1. The molecule has 0 rings (SSSR count). The third kappa shape index (κ3) is 40.3. The van der Waals surface area contributed by atoms with E-state index in [1.807, 2.05) is 0 Å². The molecule has 1 amide bonds. The van der Waals surface area contributed by atoms with Crippen LogP contribution >= 0.6 is 0 Å². The van der Waals surface area contributed by atoms with E-state index in [2.05, 4.69) is 67.8 Å². The molecule has 0 saturated carbocycles. The van der Waals surface area contributed by atoms with E-state index in [-0.39, 0.29) is 12.5 Å². The minimum atomic E-state index is -1.17. The summed E-state index contributed by atoms with van der Waals surface area (Å²) in [5.74, 6) is -0.161. The highest BCUT2D eigenvalue weighted by Gasteiger charge is 2.26. The van der Waals surface area contributed by atoms with Crippen LogP contribution in [0.5, 0.6) is 0 Å². The summed E-state index contributed by atoms with van der Waals surface area (Å²) in [6, 6.07) is -0.831. The van der Waals surface area contributed by atoms with Gasteiger partial charge in [0.2, 0.25) is 5.91 Å². The van der Waals surface area contributed by atoms with Gasteiger partial charge in [-0.15, -0.1) is 0 Å². The van der Waals surface area contributed by atoms with Crippen LogP contribution in [0.2, 0.25) is 0 Å². The highest BCUT2D eigenvalue weighted by atomic mass is 16.3. The van der Waals surface area contributed by atoms with Crippen LogP contribution in [-0.2, 0) is 4.79 Å². The van der Waals surface area contributed by atoms with Crippen LogP contribution in [0.15, 0.2) is 48.6 Å². The topological polar surface area (TPSA) is 89.8 Å². The Hall–Kier alpha value is -1.69. The van der Waals surface area contributed by atoms with Crippen molar-refractivity contribution in [2.24, 2.45) is 0 Å². The predicted molar refractivity (Wildman–Crippen MR) is 241 cm³/mol. The monoisotopic (exact) mass is 772 g/mol. The molecule has 0 fully saturated rings. The standard InChI is InChI=1S/C50H93NO4/c1-3-5-7-9-11-13-15-16-17-18-19-20-21-22-23-24-25-26-27-28-29-30-31-32-33-34-35-37-39-41-43-45-49(54)51-47(46-52)50(55)48(53)44-42-40-38-36-14-12-10-8-6-4-2/h8,10,19-20,22-23,36,38,47-48,50,52-53,55H,3-7,9,11-18,21,24-35,37,39-46H2,1-2H3,(H,51,54)/b10-8+,20-19-,23-22-,38-36+. The first kappa shape index (κ1) is 53.3. The van der Waals surface area contributed by atoms with Gasteiger partial charge in [0.1, 0.15) is 6.10 Å². The summed E-state index contributed by atoms with van der Waals surface area (Å²) in [6.07, 6.45) is 58.3. The quantitative estimate of drug-likeness (QED) is 0.0367. The molecular weight excluding hydrogens is 679 g/mol. The molecule has 0 heterocycles. The molecule has 0 aliphatic carbocycles. The molecule has 5 heteroatoms. The maximum atomic E-state index is 12.4. The Morgan fingerprint density at radius 3 is 1.29 bits per heavy atom.